The van der Waals surface area contributed by atoms with E-state index < -0.39 is 58.8 Å². The van der Waals surface area contributed by atoms with Crippen molar-refractivity contribution in [1.29, 1.82) is 0 Å². The first kappa shape index (κ1) is 26.1. The fourth-order valence-corrected chi connectivity index (χ4v) is 4.20. The SMILES string of the molecule is CC(=O)OC[C@H]1O[C@@H](SC(=O)c2ccccc2N)[C@H](OC(C)=O)[C@@H](OC(C)=O)[C@@H]1OC(C)=O. The highest BCUT2D eigenvalue weighted by atomic mass is 32.2. The summed E-state index contributed by atoms with van der Waals surface area (Å²) >= 11 is 0.637. The second kappa shape index (κ2) is 11.7. The average molecular weight is 483 g/mol. The standard InChI is InChI=1S/C21H25NO10S/c1-10(23)28-9-16-17(29-11(2)24)18(30-12(3)25)19(31-13(4)26)21(32-16)33-20(27)14-7-5-6-8-15(14)22/h5-8,16-19,21H,9,22H2,1-4H3/t16-,17-,18+,19-,21+/m1/s1. The van der Waals surface area contributed by atoms with Gasteiger partial charge in [-0.05, 0) is 23.9 Å². The van der Waals surface area contributed by atoms with Crippen molar-refractivity contribution in [3.05, 3.63) is 29.8 Å². The fraction of sp³-hybridized carbons (Fsp3) is 0.476. The summed E-state index contributed by atoms with van der Waals surface area (Å²) in [6.07, 6.45) is -5.09. The minimum absolute atomic E-state index is 0.190. The highest BCUT2D eigenvalue weighted by Gasteiger charge is 2.53. The van der Waals surface area contributed by atoms with E-state index in [0.29, 0.717) is 11.8 Å². The quantitative estimate of drug-likeness (QED) is 0.336. The number of rotatable bonds is 7. The number of hydrogen-bond acceptors (Lipinski definition) is 12. The Bertz CT molecular complexity index is 920. The zero-order valence-corrected chi connectivity index (χ0v) is 19.3. The normalized spacial score (nSPS) is 24.3. The molecule has 1 saturated heterocycles. The summed E-state index contributed by atoms with van der Waals surface area (Å²) < 4.78 is 26.8. The van der Waals surface area contributed by atoms with Gasteiger partial charge in [0.25, 0.3) is 0 Å². The number of para-hydroxylation sites is 1. The van der Waals surface area contributed by atoms with Crippen LogP contribution in [-0.2, 0) is 42.9 Å². The zero-order chi connectivity index (χ0) is 24.7. The molecule has 1 aromatic carbocycles. The molecule has 0 amide bonds. The maximum Gasteiger partial charge on any atom is 0.303 e. The van der Waals surface area contributed by atoms with Gasteiger partial charge in [-0.25, -0.2) is 0 Å². The molecule has 0 unspecified atom stereocenters. The maximum absolute atomic E-state index is 12.9. The summed E-state index contributed by atoms with van der Waals surface area (Å²) in [6, 6.07) is 6.33. The Morgan fingerprint density at radius 2 is 1.39 bits per heavy atom. The minimum Gasteiger partial charge on any atom is -0.463 e. The summed E-state index contributed by atoms with van der Waals surface area (Å²) in [6.45, 7) is 4.15. The van der Waals surface area contributed by atoms with Crippen molar-refractivity contribution in [3.63, 3.8) is 0 Å². The van der Waals surface area contributed by atoms with Crippen LogP contribution in [0.2, 0.25) is 0 Å². The van der Waals surface area contributed by atoms with Crippen molar-refractivity contribution in [2.24, 2.45) is 0 Å². The molecule has 1 fully saturated rings. The van der Waals surface area contributed by atoms with Crippen LogP contribution in [0.25, 0.3) is 0 Å². The molecule has 33 heavy (non-hydrogen) atoms. The Hall–Kier alpha value is -3.12. The van der Waals surface area contributed by atoms with Gasteiger partial charge in [-0.2, -0.15) is 0 Å². The molecular formula is C21H25NO10S. The summed E-state index contributed by atoms with van der Waals surface area (Å²) in [5.74, 6) is -2.89. The molecular weight excluding hydrogens is 458 g/mol. The van der Waals surface area contributed by atoms with Gasteiger partial charge in [-0.1, -0.05) is 12.1 Å². The Kier molecular flexibility index (Phi) is 9.23. The van der Waals surface area contributed by atoms with Gasteiger partial charge >= 0.3 is 23.9 Å². The van der Waals surface area contributed by atoms with Crippen LogP contribution in [0.5, 0.6) is 0 Å². The number of nitrogen functional groups attached to an aromatic ring is 1. The molecule has 1 aliphatic rings. The lowest BCUT2D eigenvalue weighted by Crippen LogP contribution is -2.61. The average Bonchev–Trinajstić information content (AvgIpc) is 2.70. The van der Waals surface area contributed by atoms with E-state index >= 15 is 0 Å². The van der Waals surface area contributed by atoms with Crippen molar-refractivity contribution in [1.82, 2.24) is 0 Å². The molecule has 12 heteroatoms. The lowest BCUT2D eigenvalue weighted by atomic mass is 9.99. The molecule has 5 atom stereocenters. The number of benzene rings is 1. The molecule has 0 aromatic heterocycles. The summed E-state index contributed by atoms with van der Waals surface area (Å²) in [5, 5.41) is -0.506. The number of thioether (sulfide) groups is 1. The Labute approximate surface area is 194 Å². The lowest BCUT2D eigenvalue weighted by molar-refractivity contribution is -0.237. The van der Waals surface area contributed by atoms with Crippen LogP contribution in [-0.4, -0.2) is 65.5 Å². The first-order chi connectivity index (χ1) is 15.5. The Balaban J connectivity index is 2.45. The van der Waals surface area contributed by atoms with Crippen LogP contribution in [0, 0.1) is 0 Å². The van der Waals surface area contributed by atoms with Gasteiger partial charge in [0, 0.05) is 33.4 Å². The minimum atomic E-state index is -1.34. The predicted molar refractivity (Wildman–Crippen MR) is 115 cm³/mol. The van der Waals surface area contributed by atoms with Crippen molar-refractivity contribution in [2.75, 3.05) is 12.3 Å². The topological polar surface area (TPSA) is 158 Å². The summed E-state index contributed by atoms with van der Waals surface area (Å²) in [4.78, 5) is 59.6. The van der Waals surface area contributed by atoms with Crippen molar-refractivity contribution in [2.45, 2.75) is 57.5 Å². The second-order valence-electron chi connectivity index (χ2n) is 7.06. The van der Waals surface area contributed by atoms with Gasteiger partial charge in [0.1, 0.15) is 12.7 Å². The molecule has 1 aliphatic heterocycles. The largest absolute Gasteiger partial charge is 0.463 e. The molecule has 2 N–H and O–H groups in total. The lowest BCUT2D eigenvalue weighted by Gasteiger charge is -2.43. The van der Waals surface area contributed by atoms with E-state index in [0.717, 1.165) is 20.8 Å². The van der Waals surface area contributed by atoms with Crippen LogP contribution in [0.3, 0.4) is 0 Å². The van der Waals surface area contributed by atoms with Crippen LogP contribution in [0.15, 0.2) is 24.3 Å². The molecule has 0 spiro atoms. The van der Waals surface area contributed by atoms with Crippen molar-refractivity contribution >= 4 is 46.4 Å². The van der Waals surface area contributed by atoms with E-state index in [1.165, 1.54) is 13.0 Å². The first-order valence-electron chi connectivity index (χ1n) is 9.85. The molecule has 1 heterocycles. The number of ether oxygens (including phenoxy) is 5. The molecule has 0 aliphatic carbocycles. The maximum atomic E-state index is 12.9. The smallest absolute Gasteiger partial charge is 0.303 e. The van der Waals surface area contributed by atoms with E-state index in [1.54, 1.807) is 18.2 Å². The summed E-state index contributed by atoms with van der Waals surface area (Å²) in [5.41, 5.74) is 5.08. The molecule has 0 bridgehead atoms. The second-order valence-corrected chi connectivity index (χ2v) is 8.13. The molecule has 1 aromatic rings. The van der Waals surface area contributed by atoms with Crippen LogP contribution in [0.1, 0.15) is 38.1 Å². The highest BCUT2D eigenvalue weighted by Crippen LogP contribution is 2.36. The van der Waals surface area contributed by atoms with E-state index in [-0.39, 0.29) is 17.9 Å². The summed E-state index contributed by atoms with van der Waals surface area (Å²) in [7, 11) is 0. The molecule has 11 nitrogen and oxygen atoms in total. The monoisotopic (exact) mass is 483 g/mol. The van der Waals surface area contributed by atoms with Gasteiger partial charge in [0.05, 0.1) is 5.56 Å². The third-order valence-electron chi connectivity index (χ3n) is 4.35. The van der Waals surface area contributed by atoms with Gasteiger partial charge < -0.3 is 29.4 Å². The van der Waals surface area contributed by atoms with Gasteiger partial charge in [-0.15, -0.1) is 0 Å². The van der Waals surface area contributed by atoms with Crippen molar-refractivity contribution < 1.29 is 47.7 Å². The zero-order valence-electron chi connectivity index (χ0n) is 18.5. The third kappa shape index (κ3) is 7.46. The number of esters is 4. The van der Waals surface area contributed by atoms with Crippen LogP contribution in [0.4, 0.5) is 5.69 Å². The molecule has 0 saturated carbocycles. The number of nitrogens with two attached hydrogens (primary N) is 1. The van der Waals surface area contributed by atoms with Gasteiger partial charge in [-0.3, -0.25) is 24.0 Å². The number of hydrogen-bond donors (Lipinski definition) is 1. The predicted octanol–water partition coefficient (Wildman–Crippen LogP) is 1.23. The number of carbonyl (C=O) groups excluding carboxylic acids is 5. The molecule has 2 rings (SSSR count). The van der Waals surface area contributed by atoms with E-state index in [9.17, 15) is 24.0 Å². The van der Waals surface area contributed by atoms with E-state index in [2.05, 4.69) is 0 Å². The Morgan fingerprint density at radius 1 is 0.848 bits per heavy atom. The van der Waals surface area contributed by atoms with Crippen molar-refractivity contribution in [3.8, 4) is 0 Å². The van der Waals surface area contributed by atoms with Crippen LogP contribution < -0.4 is 5.73 Å². The van der Waals surface area contributed by atoms with Crippen LogP contribution >= 0.6 is 11.8 Å². The number of carbonyl (C=O) groups is 5. The molecule has 180 valence electrons. The highest BCUT2D eigenvalue weighted by molar-refractivity contribution is 8.14. The first-order valence-corrected chi connectivity index (χ1v) is 10.7. The van der Waals surface area contributed by atoms with E-state index in [1.807, 2.05) is 0 Å². The Morgan fingerprint density at radius 3 is 1.94 bits per heavy atom. The number of anilines is 1. The van der Waals surface area contributed by atoms with Gasteiger partial charge in [0.15, 0.2) is 23.7 Å². The molecule has 0 radical (unpaired) electrons. The third-order valence-corrected chi connectivity index (χ3v) is 5.40. The van der Waals surface area contributed by atoms with E-state index in [4.69, 9.17) is 29.4 Å². The fourth-order valence-electron chi connectivity index (χ4n) is 3.14. The van der Waals surface area contributed by atoms with Gasteiger partial charge in [0.2, 0.25) is 5.12 Å².